The van der Waals surface area contributed by atoms with Gasteiger partial charge in [-0.05, 0) is 43.4 Å². The maximum atomic E-state index is 11.8. The highest BCUT2D eigenvalue weighted by molar-refractivity contribution is 7.98. The van der Waals surface area contributed by atoms with Crippen LogP contribution in [-0.2, 0) is 0 Å². The van der Waals surface area contributed by atoms with Crippen molar-refractivity contribution < 1.29 is 9.90 Å². The van der Waals surface area contributed by atoms with Gasteiger partial charge in [-0.25, -0.2) is 0 Å². The van der Waals surface area contributed by atoms with Gasteiger partial charge in [-0.15, -0.1) is 0 Å². The van der Waals surface area contributed by atoms with E-state index < -0.39 is 0 Å². The van der Waals surface area contributed by atoms with Gasteiger partial charge in [0, 0.05) is 6.54 Å². The van der Waals surface area contributed by atoms with Crippen LogP contribution in [0.15, 0.2) is 18.2 Å². The van der Waals surface area contributed by atoms with E-state index in [2.05, 4.69) is 11.6 Å². The molecule has 0 aliphatic heterocycles. The number of para-hydroxylation sites is 1. The SMILES string of the molecule is CSCCCCCNC(=O)c1cccc(C)c1O. The smallest absolute Gasteiger partial charge is 0.255 e. The number of thioether (sulfide) groups is 1. The van der Waals surface area contributed by atoms with Crippen molar-refractivity contribution in [3.05, 3.63) is 29.3 Å². The number of rotatable bonds is 7. The lowest BCUT2D eigenvalue weighted by molar-refractivity contribution is 0.0950. The zero-order chi connectivity index (χ0) is 13.4. The van der Waals surface area contributed by atoms with Gasteiger partial charge in [-0.2, -0.15) is 11.8 Å². The lowest BCUT2D eigenvalue weighted by atomic mass is 10.1. The van der Waals surface area contributed by atoms with Gasteiger partial charge in [0.25, 0.3) is 5.91 Å². The van der Waals surface area contributed by atoms with Gasteiger partial charge in [0.1, 0.15) is 5.75 Å². The highest BCUT2D eigenvalue weighted by Gasteiger charge is 2.11. The largest absolute Gasteiger partial charge is 0.507 e. The van der Waals surface area contributed by atoms with Gasteiger partial charge in [-0.1, -0.05) is 18.6 Å². The van der Waals surface area contributed by atoms with Gasteiger partial charge in [0.2, 0.25) is 0 Å². The maximum absolute atomic E-state index is 11.8. The number of aromatic hydroxyl groups is 1. The summed E-state index contributed by atoms with van der Waals surface area (Å²) in [6.07, 6.45) is 5.40. The van der Waals surface area contributed by atoms with Crippen LogP contribution in [0, 0.1) is 6.92 Å². The van der Waals surface area contributed by atoms with Gasteiger partial charge < -0.3 is 10.4 Å². The minimum absolute atomic E-state index is 0.0809. The van der Waals surface area contributed by atoms with E-state index in [4.69, 9.17) is 0 Å². The van der Waals surface area contributed by atoms with Crippen molar-refractivity contribution in [3.8, 4) is 5.75 Å². The second-order valence-corrected chi connectivity index (χ2v) is 5.27. The van der Waals surface area contributed by atoms with Crippen molar-refractivity contribution in [3.63, 3.8) is 0 Å². The first-order valence-corrected chi connectivity index (χ1v) is 7.62. The number of hydrogen-bond acceptors (Lipinski definition) is 3. The molecule has 0 saturated carbocycles. The minimum Gasteiger partial charge on any atom is -0.507 e. The van der Waals surface area contributed by atoms with Crippen LogP contribution in [0.4, 0.5) is 0 Å². The molecule has 0 fully saturated rings. The lowest BCUT2D eigenvalue weighted by Crippen LogP contribution is -2.24. The molecular formula is C14H21NO2S. The summed E-state index contributed by atoms with van der Waals surface area (Å²) in [4.78, 5) is 11.8. The highest BCUT2D eigenvalue weighted by Crippen LogP contribution is 2.20. The van der Waals surface area contributed by atoms with Crippen LogP contribution in [0.1, 0.15) is 35.2 Å². The third-order valence-corrected chi connectivity index (χ3v) is 3.49. The van der Waals surface area contributed by atoms with Crippen molar-refractivity contribution in [2.24, 2.45) is 0 Å². The topological polar surface area (TPSA) is 49.3 Å². The molecule has 100 valence electrons. The average molecular weight is 267 g/mol. The molecule has 0 aliphatic carbocycles. The molecule has 0 aromatic heterocycles. The van der Waals surface area contributed by atoms with Crippen molar-refractivity contribution in [1.29, 1.82) is 0 Å². The molecule has 0 heterocycles. The number of amides is 1. The molecule has 0 aliphatic rings. The molecule has 0 unspecified atom stereocenters. The third kappa shape index (κ3) is 4.61. The zero-order valence-electron chi connectivity index (χ0n) is 11.0. The number of unbranched alkanes of at least 4 members (excludes halogenated alkanes) is 2. The van der Waals surface area contributed by atoms with E-state index >= 15 is 0 Å². The molecule has 1 rings (SSSR count). The quantitative estimate of drug-likeness (QED) is 0.747. The second kappa shape index (κ2) is 8.03. The van der Waals surface area contributed by atoms with Crippen LogP contribution in [0.25, 0.3) is 0 Å². The molecule has 4 heteroatoms. The summed E-state index contributed by atoms with van der Waals surface area (Å²) in [6, 6.07) is 5.21. The number of phenols is 1. The van der Waals surface area contributed by atoms with Crippen LogP contribution in [-0.4, -0.2) is 29.6 Å². The van der Waals surface area contributed by atoms with E-state index in [1.807, 2.05) is 11.8 Å². The van der Waals surface area contributed by atoms with E-state index in [9.17, 15) is 9.90 Å². The number of aryl methyl sites for hydroxylation is 1. The standard InChI is InChI=1S/C14H21NO2S/c1-11-7-6-8-12(13(11)16)14(17)15-9-4-3-5-10-18-2/h6-8,16H,3-5,9-10H2,1-2H3,(H,15,17). The molecular weight excluding hydrogens is 246 g/mol. The van der Waals surface area contributed by atoms with Crippen molar-refractivity contribution in [2.45, 2.75) is 26.2 Å². The van der Waals surface area contributed by atoms with Crippen molar-refractivity contribution in [1.82, 2.24) is 5.32 Å². The van der Waals surface area contributed by atoms with Crippen LogP contribution < -0.4 is 5.32 Å². The summed E-state index contributed by atoms with van der Waals surface area (Å²) in [5.41, 5.74) is 1.08. The average Bonchev–Trinajstić information content (AvgIpc) is 2.36. The molecule has 1 aromatic carbocycles. The number of nitrogens with one attached hydrogen (secondary N) is 1. The Bertz CT molecular complexity index is 393. The first-order chi connectivity index (χ1) is 8.66. The third-order valence-electron chi connectivity index (χ3n) is 2.79. The Kier molecular flexibility index (Phi) is 6.65. The fourth-order valence-corrected chi connectivity index (χ4v) is 2.18. The van der Waals surface area contributed by atoms with Crippen LogP contribution in [0.3, 0.4) is 0 Å². The van der Waals surface area contributed by atoms with Crippen molar-refractivity contribution >= 4 is 17.7 Å². The molecule has 1 amide bonds. The minimum atomic E-state index is -0.193. The summed E-state index contributed by atoms with van der Waals surface area (Å²) < 4.78 is 0. The fraction of sp³-hybridized carbons (Fsp3) is 0.500. The maximum Gasteiger partial charge on any atom is 0.255 e. The Hall–Kier alpha value is -1.16. The number of hydrogen-bond donors (Lipinski definition) is 2. The summed E-state index contributed by atoms with van der Waals surface area (Å²) in [5.74, 6) is 1.06. The first-order valence-electron chi connectivity index (χ1n) is 6.22. The normalized spacial score (nSPS) is 10.3. The predicted octanol–water partition coefficient (Wildman–Crippen LogP) is 2.96. The lowest BCUT2D eigenvalue weighted by Gasteiger charge is -2.08. The summed E-state index contributed by atoms with van der Waals surface area (Å²) in [6.45, 7) is 2.45. The van der Waals surface area contributed by atoms with Crippen LogP contribution >= 0.6 is 11.8 Å². The molecule has 1 aromatic rings. The summed E-state index contributed by atoms with van der Waals surface area (Å²) >= 11 is 1.85. The molecule has 3 nitrogen and oxygen atoms in total. The van der Waals surface area contributed by atoms with Gasteiger partial charge >= 0.3 is 0 Å². The van der Waals surface area contributed by atoms with E-state index in [1.165, 1.54) is 12.2 Å². The van der Waals surface area contributed by atoms with Gasteiger partial charge in [0.15, 0.2) is 0 Å². The number of carbonyl (C=O) groups is 1. The number of benzene rings is 1. The summed E-state index contributed by atoms with van der Waals surface area (Å²) in [5, 5.41) is 12.6. The Morgan fingerprint density at radius 1 is 1.33 bits per heavy atom. The Morgan fingerprint density at radius 3 is 2.83 bits per heavy atom. The monoisotopic (exact) mass is 267 g/mol. The Balaban J connectivity index is 2.35. The molecule has 0 saturated heterocycles. The van der Waals surface area contributed by atoms with E-state index in [0.717, 1.165) is 18.4 Å². The van der Waals surface area contributed by atoms with Crippen LogP contribution in [0.2, 0.25) is 0 Å². The van der Waals surface area contributed by atoms with Crippen LogP contribution in [0.5, 0.6) is 5.75 Å². The molecule has 0 atom stereocenters. The molecule has 0 bridgehead atoms. The van der Waals surface area contributed by atoms with E-state index in [-0.39, 0.29) is 11.7 Å². The van der Waals surface area contributed by atoms with Gasteiger partial charge in [-0.3, -0.25) is 4.79 Å². The predicted molar refractivity (Wildman–Crippen MR) is 77.4 cm³/mol. The van der Waals surface area contributed by atoms with Gasteiger partial charge in [0.05, 0.1) is 5.56 Å². The highest BCUT2D eigenvalue weighted by atomic mass is 32.2. The Morgan fingerprint density at radius 2 is 2.11 bits per heavy atom. The fourth-order valence-electron chi connectivity index (χ4n) is 1.69. The number of phenolic OH excluding ortho intramolecular Hbond substituents is 1. The molecule has 2 N–H and O–H groups in total. The van der Waals surface area contributed by atoms with Crippen molar-refractivity contribution in [2.75, 3.05) is 18.6 Å². The summed E-state index contributed by atoms with van der Waals surface area (Å²) in [7, 11) is 0. The first kappa shape index (κ1) is 14.9. The Labute approximate surface area is 113 Å². The molecule has 0 spiro atoms. The second-order valence-electron chi connectivity index (χ2n) is 4.28. The van der Waals surface area contributed by atoms with E-state index in [0.29, 0.717) is 12.1 Å². The van der Waals surface area contributed by atoms with E-state index in [1.54, 1.807) is 25.1 Å². The zero-order valence-corrected chi connectivity index (χ0v) is 11.8. The molecule has 18 heavy (non-hydrogen) atoms. The molecule has 0 radical (unpaired) electrons. The number of carbonyl (C=O) groups excluding carboxylic acids is 1.